The molecule has 0 radical (unpaired) electrons. The first-order valence-corrected chi connectivity index (χ1v) is 6.53. The number of pyridine rings is 1. The van der Waals surface area contributed by atoms with Gasteiger partial charge in [0.25, 0.3) is 0 Å². The van der Waals surface area contributed by atoms with E-state index in [1.807, 2.05) is 45.4 Å². The maximum atomic E-state index is 8.26. The van der Waals surface area contributed by atoms with Crippen LogP contribution >= 0.6 is 0 Å². The third kappa shape index (κ3) is 2.70. The highest BCUT2D eigenvalue weighted by Crippen LogP contribution is 2.28. The molecular formula is C18H24N+. The molecule has 0 spiro atoms. The van der Waals surface area contributed by atoms with Crippen LogP contribution < -0.4 is 4.57 Å². The molecule has 1 heterocycles. The van der Waals surface area contributed by atoms with Crippen molar-refractivity contribution in [1.29, 1.82) is 0 Å². The minimum atomic E-state index is -2.10. The first-order valence-electron chi connectivity index (χ1n) is 8.53. The molecule has 0 atom stereocenters. The van der Waals surface area contributed by atoms with Crippen molar-refractivity contribution < 1.29 is 10.1 Å². The normalized spacial score (nSPS) is 15.4. The molecule has 0 aliphatic carbocycles. The summed E-state index contributed by atoms with van der Waals surface area (Å²) in [5.41, 5.74) is 5.54. The third-order valence-corrected chi connectivity index (χ3v) is 3.52. The van der Waals surface area contributed by atoms with Crippen LogP contribution in [0.5, 0.6) is 0 Å². The minimum absolute atomic E-state index is 0.335. The van der Waals surface area contributed by atoms with E-state index in [1.165, 1.54) is 0 Å². The standard InChI is InChI=1S/C18H24N/c1-12(2)16-9-15(5)17(10-14(16)4)18-8-7-13(3)11-19(18)6/h7-12H,1-6H3/q+1/i3D3,12D. The Bertz CT molecular complexity index is 740. The van der Waals surface area contributed by atoms with Gasteiger partial charge in [-0.3, -0.25) is 0 Å². The molecule has 100 valence electrons. The first kappa shape index (κ1) is 9.30. The van der Waals surface area contributed by atoms with Gasteiger partial charge in [0.2, 0.25) is 5.69 Å². The Hall–Kier alpha value is -1.63. The number of hydrogen-bond acceptors (Lipinski definition) is 0. The SMILES string of the molecule is [2H]C([2H])([2H])c1ccc(-c2cc(C)c(C([2H])(C)C)cc2C)[n+](C)c1. The van der Waals surface area contributed by atoms with Crippen LogP contribution in [0.4, 0.5) is 0 Å². The van der Waals surface area contributed by atoms with Crippen molar-refractivity contribution in [3.63, 3.8) is 0 Å². The fourth-order valence-electron chi connectivity index (χ4n) is 2.52. The smallest absolute Gasteiger partial charge is 0.201 e. The average molecular weight is 258 g/mol. The molecule has 0 bridgehead atoms. The second-order valence-corrected chi connectivity index (χ2v) is 5.40. The predicted molar refractivity (Wildman–Crippen MR) is 81.4 cm³/mol. The molecule has 0 amide bonds. The van der Waals surface area contributed by atoms with E-state index < -0.39 is 12.7 Å². The van der Waals surface area contributed by atoms with Gasteiger partial charge in [0.05, 0.1) is 0 Å². The molecule has 0 fully saturated rings. The van der Waals surface area contributed by atoms with Gasteiger partial charge in [-0.15, -0.1) is 0 Å². The second-order valence-electron chi connectivity index (χ2n) is 5.40. The van der Waals surface area contributed by atoms with Crippen molar-refractivity contribution in [3.8, 4) is 11.3 Å². The molecule has 1 aromatic carbocycles. The Labute approximate surface area is 122 Å². The lowest BCUT2D eigenvalue weighted by Crippen LogP contribution is -2.31. The van der Waals surface area contributed by atoms with Crippen LogP contribution in [0.15, 0.2) is 30.5 Å². The molecule has 2 rings (SSSR count). The summed E-state index contributed by atoms with van der Waals surface area (Å²) in [5.74, 6) is -0.638. The summed E-state index contributed by atoms with van der Waals surface area (Å²) in [4.78, 5) is 0. The zero-order valence-corrected chi connectivity index (χ0v) is 12.3. The molecule has 0 aliphatic heterocycles. The summed E-state index contributed by atoms with van der Waals surface area (Å²) < 4.78 is 32.7. The average Bonchev–Trinajstić information content (AvgIpc) is 2.39. The van der Waals surface area contributed by atoms with Gasteiger partial charge in [0.1, 0.15) is 7.05 Å². The number of nitrogens with zero attached hydrogens (tertiary/aromatic N) is 1. The maximum absolute atomic E-state index is 8.26. The molecule has 1 nitrogen and oxygen atoms in total. The van der Waals surface area contributed by atoms with E-state index in [0.29, 0.717) is 5.56 Å². The minimum Gasteiger partial charge on any atom is -0.201 e. The molecule has 1 aromatic heterocycles. The van der Waals surface area contributed by atoms with Gasteiger partial charge >= 0.3 is 0 Å². The van der Waals surface area contributed by atoms with Crippen molar-refractivity contribution in [2.24, 2.45) is 7.05 Å². The molecular weight excluding hydrogens is 230 g/mol. The molecule has 19 heavy (non-hydrogen) atoms. The van der Waals surface area contributed by atoms with Crippen LogP contribution in [0.25, 0.3) is 11.3 Å². The van der Waals surface area contributed by atoms with Crippen LogP contribution in [-0.2, 0) is 7.05 Å². The molecule has 0 N–H and O–H groups in total. The van der Waals surface area contributed by atoms with E-state index in [-0.39, 0.29) is 0 Å². The number of aromatic nitrogens is 1. The lowest BCUT2D eigenvalue weighted by molar-refractivity contribution is -0.660. The van der Waals surface area contributed by atoms with Gasteiger partial charge in [0.15, 0.2) is 6.20 Å². The van der Waals surface area contributed by atoms with E-state index in [4.69, 9.17) is 5.48 Å². The van der Waals surface area contributed by atoms with Gasteiger partial charge in [0, 0.05) is 22.7 Å². The van der Waals surface area contributed by atoms with Gasteiger partial charge in [-0.25, -0.2) is 4.57 Å². The van der Waals surface area contributed by atoms with Crippen LogP contribution in [0, 0.1) is 20.7 Å². The van der Waals surface area contributed by atoms with Crippen molar-refractivity contribution in [2.75, 3.05) is 0 Å². The summed E-state index contributed by atoms with van der Waals surface area (Å²) in [7, 11) is 1.86. The first-order chi connectivity index (χ1) is 10.4. The number of rotatable bonds is 2. The summed E-state index contributed by atoms with van der Waals surface area (Å²) in [6.07, 6.45) is 1.67. The fourth-order valence-corrected chi connectivity index (χ4v) is 2.52. The van der Waals surface area contributed by atoms with Gasteiger partial charge in [-0.05, 0) is 55.4 Å². The van der Waals surface area contributed by atoms with Crippen LogP contribution in [-0.4, -0.2) is 0 Å². The van der Waals surface area contributed by atoms with Crippen molar-refractivity contribution in [3.05, 3.63) is 52.7 Å². The highest BCUT2D eigenvalue weighted by molar-refractivity contribution is 5.63. The molecule has 0 unspecified atom stereocenters. The Morgan fingerprint density at radius 2 is 1.89 bits per heavy atom. The largest absolute Gasteiger partial charge is 0.212 e. The zero-order valence-electron chi connectivity index (χ0n) is 16.3. The Morgan fingerprint density at radius 3 is 2.47 bits per heavy atom. The third-order valence-electron chi connectivity index (χ3n) is 3.52. The zero-order chi connectivity index (χ0) is 17.6. The molecule has 0 saturated heterocycles. The Morgan fingerprint density at radius 1 is 1.16 bits per heavy atom. The molecule has 1 heteroatoms. The summed E-state index contributed by atoms with van der Waals surface area (Å²) in [6, 6.07) is 7.68. The summed E-state index contributed by atoms with van der Waals surface area (Å²) in [5, 5.41) is 0. The van der Waals surface area contributed by atoms with Gasteiger partial charge in [-0.1, -0.05) is 19.9 Å². The summed E-state index contributed by atoms with van der Waals surface area (Å²) >= 11 is 0. The highest BCUT2D eigenvalue weighted by atomic mass is 14.9. The lowest BCUT2D eigenvalue weighted by atomic mass is 9.92. The maximum Gasteiger partial charge on any atom is 0.212 e. The van der Waals surface area contributed by atoms with Crippen LogP contribution in [0.3, 0.4) is 0 Å². The quantitative estimate of drug-likeness (QED) is 0.710. The number of hydrogen-bond donors (Lipinski definition) is 0. The van der Waals surface area contributed by atoms with Gasteiger partial charge < -0.3 is 0 Å². The monoisotopic (exact) mass is 258 g/mol. The highest BCUT2D eigenvalue weighted by Gasteiger charge is 2.15. The van der Waals surface area contributed by atoms with E-state index in [2.05, 4.69) is 12.1 Å². The second kappa shape index (κ2) is 5.16. The summed E-state index contributed by atoms with van der Waals surface area (Å²) in [6.45, 7) is 5.73. The van der Waals surface area contributed by atoms with Crippen molar-refractivity contribution in [1.82, 2.24) is 0 Å². The molecule has 2 aromatic rings. The van der Waals surface area contributed by atoms with Crippen LogP contribution in [0.2, 0.25) is 0 Å². The van der Waals surface area contributed by atoms with Gasteiger partial charge in [-0.2, -0.15) is 0 Å². The van der Waals surface area contributed by atoms with E-state index in [1.54, 1.807) is 12.3 Å². The van der Waals surface area contributed by atoms with E-state index in [0.717, 1.165) is 27.9 Å². The lowest BCUT2D eigenvalue weighted by Gasteiger charge is -2.14. The van der Waals surface area contributed by atoms with E-state index >= 15 is 0 Å². The topological polar surface area (TPSA) is 3.88 Å². The number of benzene rings is 1. The Balaban J connectivity index is 2.58. The Kier molecular flexibility index (Phi) is 2.53. The number of aryl methyl sites for hydroxylation is 4. The van der Waals surface area contributed by atoms with Crippen molar-refractivity contribution >= 4 is 0 Å². The van der Waals surface area contributed by atoms with Crippen molar-refractivity contribution in [2.45, 2.75) is 40.4 Å². The predicted octanol–water partition coefficient (Wildman–Crippen LogP) is 4.23. The molecule has 0 saturated carbocycles. The molecule has 0 aliphatic rings. The fraction of sp³-hybridized carbons (Fsp3) is 0.389. The van der Waals surface area contributed by atoms with E-state index in [9.17, 15) is 0 Å². The van der Waals surface area contributed by atoms with Crippen LogP contribution in [0.1, 0.15) is 47.5 Å².